The first kappa shape index (κ1) is 16.3. The maximum atomic E-state index is 12.7. The van der Waals surface area contributed by atoms with Crippen LogP contribution in [0.3, 0.4) is 0 Å². The summed E-state index contributed by atoms with van der Waals surface area (Å²) in [5.74, 6) is 0.417. The van der Waals surface area contributed by atoms with Crippen molar-refractivity contribution < 1.29 is 14.0 Å². The number of hydrogen-bond acceptors (Lipinski definition) is 3. The minimum Gasteiger partial charge on any atom is -0.467 e. The predicted octanol–water partition coefficient (Wildman–Crippen LogP) is 2.91. The number of furan rings is 1. The number of anilines is 1. The highest BCUT2D eigenvalue weighted by Gasteiger charge is 2.37. The molecule has 0 radical (unpaired) electrons. The van der Waals surface area contributed by atoms with Gasteiger partial charge in [-0.05, 0) is 43.2 Å². The third kappa shape index (κ3) is 3.07. The molecule has 2 aromatic rings. The Morgan fingerprint density at radius 3 is 2.79 bits per heavy atom. The van der Waals surface area contributed by atoms with Crippen LogP contribution in [0.1, 0.15) is 23.3 Å². The third-order valence-corrected chi connectivity index (χ3v) is 4.69. The van der Waals surface area contributed by atoms with Gasteiger partial charge in [-0.25, -0.2) is 0 Å². The highest BCUT2D eigenvalue weighted by atomic mass is 16.3. The van der Waals surface area contributed by atoms with Crippen LogP contribution in [0, 0.1) is 19.8 Å². The first-order valence-corrected chi connectivity index (χ1v) is 8.11. The van der Waals surface area contributed by atoms with Gasteiger partial charge in [0, 0.05) is 25.7 Å². The van der Waals surface area contributed by atoms with Crippen LogP contribution in [0.5, 0.6) is 0 Å². The molecular weight excluding hydrogens is 304 g/mol. The average molecular weight is 326 g/mol. The van der Waals surface area contributed by atoms with Gasteiger partial charge in [0.25, 0.3) is 0 Å². The second-order valence-corrected chi connectivity index (χ2v) is 6.40. The Hall–Kier alpha value is -2.56. The van der Waals surface area contributed by atoms with E-state index in [1.807, 2.05) is 38.1 Å². The fraction of sp³-hybridized carbons (Fsp3) is 0.368. The van der Waals surface area contributed by atoms with Crippen molar-refractivity contribution >= 4 is 17.5 Å². The summed E-state index contributed by atoms with van der Waals surface area (Å²) in [4.78, 5) is 28.5. The normalized spacial score (nSPS) is 17.4. The summed E-state index contributed by atoms with van der Waals surface area (Å²) in [6, 6.07) is 9.56. The van der Waals surface area contributed by atoms with E-state index in [-0.39, 0.29) is 24.2 Å². The van der Waals surface area contributed by atoms with Gasteiger partial charge in [-0.1, -0.05) is 12.1 Å². The maximum absolute atomic E-state index is 12.7. The van der Waals surface area contributed by atoms with E-state index in [4.69, 9.17) is 4.42 Å². The van der Waals surface area contributed by atoms with Gasteiger partial charge < -0.3 is 14.2 Å². The minimum absolute atomic E-state index is 0.00782. The van der Waals surface area contributed by atoms with E-state index in [2.05, 4.69) is 0 Å². The largest absolute Gasteiger partial charge is 0.467 e. The lowest BCUT2D eigenvalue weighted by molar-refractivity contribution is -0.135. The van der Waals surface area contributed by atoms with Crippen LogP contribution in [-0.2, 0) is 16.1 Å². The van der Waals surface area contributed by atoms with Crippen molar-refractivity contribution in [1.29, 1.82) is 0 Å². The SMILES string of the molecule is Cc1cccc(N2CC(C(=O)N(C)Cc3ccco3)CC2=O)c1C. The molecule has 24 heavy (non-hydrogen) atoms. The van der Waals surface area contributed by atoms with Crippen molar-refractivity contribution in [2.45, 2.75) is 26.8 Å². The highest BCUT2D eigenvalue weighted by Crippen LogP contribution is 2.30. The fourth-order valence-corrected chi connectivity index (χ4v) is 3.16. The minimum atomic E-state index is -0.308. The molecule has 0 spiro atoms. The second-order valence-electron chi connectivity index (χ2n) is 6.40. The zero-order valence-electron chi connectivity index (χ0n) is 14.3. The summed E-state index contributed by atoms with van der Waals surface area (Å²) in [6.45, 7) is 4.89. The number of carbonyl (C=O) groups excluding carboxylic acids is 2. The van der Waals surface area contributed by atoms with Gasteiger partial charge in [-0.15, -0.1) is 0 Å². The molecule has 1 aliphatic rings. The van der Waals surface area contributed by atoms with Gasteiger partial charge in [0.1, 0.15) is 5.76 Å². The van der Waals surface area contributed by atoms with Crippen LogP contribution >= 0.6 is 0 Å². The smallest absolute Gasteiger partial charge is 0.228 e. The van der Waals surface area contributed by atoms with E-state index in [1.54, 1.807) is 29.2 Å². The molecule has 5 heteroatoms. The Labute approximate surface area is 141 Å². The molecule has 2 heterocycles. The maximum Gasteiger partial charge on any atom is 0.228 e. The van der Waals surface area contributed by atoms with Crippen molar-refractivity contribution in [2.75, 3.05) is 18.5 Å². The average Bonchev–Trinajstić information content (AvgIpc) is 3.19. The Kier molecular flexibility index (Phi) is 4.42. The molecule has 1 saturated heterocycles. The molecule has 0 aliphatic carbocycles. The van der Waals surface area contributed by atoms with Gasteiger partial charge in [-0.2, -0.15) is 0 Å². The molecule has 1 atom stereocenters. The Morgan fingerprint density at radius 2 is 2.08 bits per heavy atom. The molecule has 2 amide bonds. The number of carbonyl (C=O) groups is 2. The van der Waals surface area contributed by atoms with Crippen molar-refractivity contribution in [3.8, 4) is 0 Å². The van der Waals surface area contributed by atoms with Gasteiger partial charge in [0.15, 0.2) is 0 Å². The Morgan fingerprint density at radius 1 is 1.29 bits per heavy atom. The molecule has 1 aromatic carbocycles. The zero-order valence-corrected chi connectivity index (χ0v) is 14.3. The first-order chi connectivity index (χ1) is 11.5. The molecule has 5 nitrogen and oxygen atoms in total. The number of hydrogen-bond donors (Lipinski definition) is 0. The molecule has 3 rings (SSSR count). The van der Waals surface area contributed by atoms with Crippen LogP contribution in [0.2, 0.25) is 0 Å². The zero-order chi connectivity index (χ0) is 17.3. The molecule has 0 saturated carbocycles. The van der Waals surface area contributed by atoms with Crippen LogP contribution in [-0.4, -0.2) is 30.3 Å². The lowest BCUT2D eigenvalue weighted by Crippen LogP contribution is -2.34. The van der Waals surface area contributed by atoms with Crippen molar-refractivity contribution in [2.24, 2.45) is 5.92 Å². The molecule has 1 aliphatic heterocycles. The summed E-state index contributed by atoms with van der Waals surface area (Å²) in [7, 11) is 1.75. The topological polar surface area (TPSA) is 53.8 Å². The standard InChI is InChI=1S/C19H22N2O3/c1-13-6-4-8-17(14(13)2)21-11-15(10-18(21)22)19(23)20(3)12-16-7-5-9-24-16/h4-9,15H,10-12H2,1-3H3. The molecule has 0 N–H and O–H groups in total. The summed E-state index contributed by atoms with van der Waals surface area (Å²) >= 11 is 0. The summed E-state index contributed by atoms with van der Waals surface area (Å²) in [6.07, 6.45) is 1.85. The molecule has 126 valence electrons. The third-order valence-electron chi connectivity index (χ3n) is 4.69. The lowest BCUT2D eigenvalue weighted by atomic mass is 10.1. The molecule has 1 fully saturated rings. The van der Waals surface area contributed by atoms with E-state index in [0.29, 0.717) is 13.1 Å². The predicted molar refractivity (Wildman–Crippen MR) is 91.6 cm³/mol. The molecule has 1 aromatic heterocycles. The highest BCUT2D eigenvalue weighted by molar-refractivity contribution is 6.00. The van der Waals surface area contributed by atoms with E-state index < -0.39 is 0 Å². The summed E-state index contributed by atoms with van der Waals surface area (Å²) < 4.78 is 5.29. The van der Waals surface area contributed by atoms with Crippen LogP contribution in [0.4, 0.5) is 5.69 Å². The van der Waals surface area contributed by atoms with Crippen LogP contribution in [0.25, 0.3) is 0 Å². The number of benzene rings is 1. The second kappa shape index (κ2) is 6.51. The Bertz CT molecular complexity index is 752. The summed E-state index contributed by atoms with van der Waals surface area (Å²) in [5, 5.41) is 0. The van der Waals surface area contributed by atoms with Crippen molar-refractivity contribution in [1.82, 2.24) is 4.90 Å². The van der Waals surface area contributed by atoms with Crippen molar-refractivity contribution in [3.63, 3.8) is 0 Å². The van der Waals surface area contributed by atoms with Crippen LogP contribution in [0.15, 0.2) is 41.0 Å². The van der Waals surface area contributed by atoms with Gasteiger partial charge in [0.05, 0.1) is 18.7 Å². The van der Waals surface area contributed by atoms with E-state index in [9.17, 15) is 9.59 Å². The van der Waals surface area contributed by atoms with Gasteiger partial charge in [-0.3, -0.25) is 9.59 Å². The van der Waals surface area contributed by atoms with Crippen LogP contribution < -0.4 is 4.90 Å². The number of amides is 2. The Balaban J connectivity index is 1.72. The lowest BCUT2D eigenvalue weighted by Gasteiger charge is -2.22. The molecule has 1 unspecified atom stereocenters. The van der Waals surface area contributed by atoms with E-state index in [1.165, 1.54) is 0 Å². The first-order valence-electron chi connectivity index (χ1n) is 8.11. The number of aryl methyl sites for hydroxylation is 1. The van der Waals surface area contributed by atoms with Crippen molar-refractivity contribution in [3.05, 3.63) is 53.5 Å². The quantitative estimate of drug-likeness (QED) is 0.868. The monoisotopic (exact) mass is 326 g/mol. The van der Waals surface area contributed by atoms with E-state index in [0.717, 1.165) is 22.6 Å². The van der Waals surface area contributed by atoms with Gasteiger partial charge >= 0.3 is 0 Å². The number of rotatable bonds is 4. The molecular formula is C19H22N2O3. The van der Waals surface area contributed by atoms with E-state index >= 15 is 0 Å². The molecule has 0 bridgehead atoms. The summed E-state index contributed by atoms with van der Waals surface area (Å²) in [5.41, 5.74) is 3.14. The number of nitrogens with zero attached hydrogens (tertiary/aromatic N) is 2. The van der Waals surface area contributed by atoms with Gasteiger partial charge in [0.2, 0.25) is 11.8 Å². The fourth-order valence-electron chi connectivity index (χ4n) is 3.16.